The Morgan fingerprint density at radius 1 is 1.71 bits per heavy atom. The van der Waals surface area contributed by atoms with Gasteiger partial charge < -0.3 is 0 Å². The molecule has 0 spiro atoms. The summed E-state index contributed by atoms with van der Waals surface area (Å²) < 4.78 is 0. The van der Waals surface area contributed by atoms with Gasteiger partial charge in [0.05, 0.1) is 6.54 Å². The number of carbonyl (C=O) groups excluding carboxylic acids is 1. The summed E-state index contributed by atoms with van der Waals surface area (Å²) in [6.07, 6.45) is 2.37. The molecule has 0 saturated carbocycles. The molecule has 3 heteroatoms. The smallest absolute Gasteiger partial charge is 0.211 e. The van der Waals surface area contributed by atoms with Crippen molar-refractivity contribution in [2.45, 2.75) is 6.42 Å². The van der Waals surface area contributed by atoms with E-state index in [9.17, 15) is 4.79 Å². The van der Waals surface area contributed by atoms with Crippen LogP contribution in [0.4, 0.5) is 0 Å². The fourth-order valence-corrected chi connectivity index (χ4v) is 0.435. The summed E-state index contributed by atoms with van der Waals surface area (Å²) >= 11 is 3.19. The Morgan fingerprint density at radius 3 is 2.86 bits per heavy atom. The lowest BCUT2D eigenvalue weighted by Crippen LogP contribution is -1.78. The van der Waals surface area contributed by atoms with E-state index < -0.39 is 0 Å². The Kier molecular flexibility index (Phi) is 5.74. The molecule has 0 aromatic heterocycles. The molecule has 0 aromatic rings. The van der Waals surface area contributed by atoms with Gasteiger partial charge in [-0.1, -0.05) is 15.9 Å². The predicted molar refractivity (Wildman–Crippen MR) is 31.4 cm³/mol. The Balaban J connectivity index is 2.83. The molecule has 0 aliphatic rings. The highest BCUT2D eigenvalue weighted by molar-refractivity contribution is 9.09. The largest absolute Gasteiger partial charge is 0.234 e. The summed E-state index contributed by atoms with van der Waals surface area (Å²) in [6, 6.07) is 0. The van der Waals surface area contributed by atoms with Crippen LogP contribution in [0.2, 0.25) is 0 Å². The molecule has 40 valence electrons. The highest BCUT2D eigenvalue weighted by Gasteiger charge is 1.75. The van der Waals surface area contributed by atoms with E-state index in [1.807, 2.05) is 0 Å². The molecular weight excluding hydrogens is 158 g/mol. The van der Waals surface area contributed by atoms with Crippen molar-refractivity contribution in [3.8, 4) is 0 Å². The van der Waals surface area contributed by atoms with Gasteiger partial charge in [0.2, 0.25) is 6.08 Å². The van der Waals surface area contributed by atoms with Gasteiger partial charge >= 0.3 is 0 Å². The number of isocyanates is 1. The van der Waals surface area contributed by atoms with Gasteiger partial charge in [-0.2, -0.15) is 0 Å². The maximum Gasteiger partial charge on any atom is 0.234 e. The fraction of sp³-hybridized carbons (Fsp3) is 0.750. The SMILES string of the molecule is O=C=NCCCBr. The molecule has 0 atom stereocenters. The average Bonchev–Trinajstić information content (AvgIpc) is 1.69. The Bertz CT molecular complexity index is 77.8. The van der Waals surface area contributed by atoms with Gasteiger partial charge in [0, 0.05) is 5.33 Å². The lowest BCUT2D eigenvalue weighted by atomic mass is 10.5. The molecule has 2 nitrogen and oxygen atoms in total. The number of nitrogens with zero attached hydrogens (tertiary/aromatic N) is 1. The predicted octanol–water partition coefficient (Wildman–Crippen LogP) is 1.11. The van der Waals surface area contributed by atoms with Crippen LogP contribution in [0.5, 0.6) is 0 Å². The fourth-order valence-electron chi connectivity index (χ4n) is 0.184. The van der Waals surface area contributed by atoms with Crippen molar-refractivity contribution in [1.29, 1.82) is 0 Å². The van der Waals surface area contributed by atoms with Crippen molar-refractivity contribution in [2.75, 3.05) is 11.9 Å². The first-order valence-corrected chi connectivity index (χ1v) is 3.13. The maximum atomic E-state index is 9.37. The number of hydrogen-bond acceptors (Lipinski definition) is 2. The van der Waals surface area contributed by atoms with E-state index in [0.29, 0.717) is 6.54 Å². The lowest BCUT2D eigenvalue weighted by Gasteiger charge is -1.79. The van der Waals surface area contributed by atoms with E-state index >= 15 is 0 Å². The van der Waals surface area contributed by atoms with Gasteiger partial charge in [-0.25, -0.2) is 9.79 Å². The molecule has 0 fully saturated rings. The Morgan fingerprint density at radius 2 is 2.43 bits per heavy atom. The minimum Gasteiger partial charge on any atom is -0.211 e. The normalized spacial score (nSPS) is 7.57. The molecular formula is C4H6BrNO. The zero-order chi connectivity index (χ0) is 5.54. The van der Waals surface area contributed by atoms with E-state index in [1.165, 1.54) is 6.08 Å². The highest BCUT2D eigenvalue weighted by Crippen LogP contribution is 1.85. The molecule has 0 saturated heterocycles. The first kappa shape index (κ1) is 6.86. The van der Waals surface area contributed by atoms with Crippen molar-refractivity contribution < 1.29 is 4.79 Å². The second-order valence-electron chi connectivity index (χ2n) is 1.02. The van der Waals surface area contributed by atoms with Crippen molar-refractivity contribution in [3.05, 3.63) is 0 Å². The van der Waals surface area contributed by atoms with Crippen LogP contribution in [0.15, 0.2) is 4.99 Å². The van der Waals surface area contributed by atoms with Gasteiger partial charge in [-0.05, 0) is 6.42 Å². The summed E-state index contributed by atoms with van der Waals surface area (Å²) in [5, 5.41) is 0.901. The minimum atomic E-state index is 0.592. The van der Waals surface area contributed by atoms with Gasteiger partial charge in [-0.3, -0.25) is 0 Å². The van der Waals surface area contributed by atoms with Crippen molar-refractivity contribution in [2.24, 2.45) is 4.99 Å². The summed E-state index contributed by atoms with van der Waals surface area (Å²) in [6.45, 7) is 0.592. The number of rotatable bonds is 3. The first-order chi connectivity index (χ1) is 3.41. The molecule has 0 unspecified atom stereocenters. The van der Waals surface area contributed by atoms with Crippen LogP contribution < -0.4 is 0 Å². The molecule has 0 bridgehead atoms. The second-order valence-corrected chi connectivity index (χ2v) is 1.81. The zero-order valence-electron chi connectivity index (χ0n) is 3.85. The maximum absolute atomic E-state index is 9.37. The zero-order valence-corrected chi connectivity index (χ0v) is 5.44. The summed E-state index contributed by atoms with van der Waals surface area (Å²) in [5.41, 5.74) is 0. The van der Waals surface area contributed by atoms with Gasteiger partial charge in [-0.15, -0.1) is 0 Å². The van der Waals surface area contributed by atoms with Crippen LogP contribution in [0.1, 0.15) is 6.42 Å². The molecule has 0 rings (SSSR count). The van der Waals surface area contributed by atoms with E-state index in [4.69, 9.17) is 0 Å². The first-order valence-electron chi connectivity index (χ1n) is 2.01. The van der Waals surface area contributed by atoms with Crippen molar-refractivity contribution >= 4 is 22.0 Å². The summed E-state index contributed by atoms with van der Waals surface area (Å²) in [4.78, 5) is 12.7. The molecule has 7 heavy (non-hydrogen) atoms. The standard InChI is InChI=1S/C4H6BrNO/c5-2-1-3-6-4-7/h1-3H2. The number of alkyl halides is 1. The molecule has 0 amide bonds. The van der Waals surface area contributed by atoms with Crippen molar-refractivity contribution in [3.63, 3.8) is 0 Å². The third-order valence-electron chi connectivity index (χ3n) is 0.468. The van der Waals surface area contributed by atoms with E-state index in [-0.39, 0.29) is 0 Å². The minimum absolute atomic E-state index is 0.592. The van der Waals surface area contributed by atoms with Crippen molar-refractivity contribution in [1.82, 2.24) is 0 Å². The van der Waals surface area contributed by atoms with E-state index in [1.54, 1.807) is 0 Å². The monoisotopic (exact) mass is 163 g/mol. The average molecular weight is 164 g/mol. The molecule has 0 radical (unpaired) electrons. The van der Waals surface area contributed by atoms with Gasteiger partial charge in [0.15, 0.2) is 0 Å². The van der Waals surface area contributed by atoms with Crippen LogP contribution in [0.25, 0.3) is 0 Å². The van der Waals surface area contributed by atoms with E-state index in [0.717, 1.165) is 11.8 Å². The molecule has 0 aliphatic carbocycles. The number of hydrogen-bond donors (Lipinski definition) is 0. The number of aliphatic imine (C=N–C) groups is 1. The number of halogens is 1. The second kappa shape index (κ2) is 5.86. The van der Waals surface area contributed by atoms with E-state index in [2.05, 4.69) is 20.9 Å². The molecule has 0 aromatic carbocycles. The van der Waals surface area contributed by atoms with Crippen LogP contribution in [0, 0.1) is 0 Å². The van der Waals surface area contributed by atoms with Gasteiger partial charge in [0.1, 0.15) is 0 Å². The van der Waals surface area contributed by atoms with Gasteiger partial charge in [0.25, 0.3) is 0 Å². The summed E-state index contributed by atoms with van der Waals surface area (Å²) in [5.74, 6) is 0. The van der Waals surface area contributed by atoms with Crippen LogP contribution in [0.3, 0.4) is 0 Å². The lowest BCUT2D eigenvalue weighted by molar-refractivity contribution is 0.563. The molecule has 0 heterocycles. The Labute approximate surface area is 50.8 Å². The molecule has 0 aliphatic heterocycles. The Hall–Kier alpha value is -0.140. The third kappa shape index (κ3) is 5.86. The van der Waals surface area contributed by atoms with Crippen LogP contribution in [-0.2, 0) is 4.79 Å². The topological polar surface area (TPSA) is 29.4 Å². The van der Waals surface area contributed by atoms with Crippen LogP contribution in [-0.4, -0.2) is 18.0 Å². The quantitative estimate of drug-likeness (QED) is 0.266. The highest BCUT2D eigenvalue weighted by atomic mass is 79.9. The third-order valence-corrected chi connectivity index (χ3v) is 1.03. The van der Waals surface area contributed by atoms with Crippen LogP contribution >= 0.6 is 15.9 Å². The summed E-state index contributed by atoms with van der Waals surface area (Å²) in [7, 11) is 0. The molecule has 0 N–H and O–H groups in total.